The van der Waals surface area contributed by atoms with Crippen LogP contribution in [0.5, 0.6) is 0 Å². The van der Waals surface area contributed by atoms with E-state index in [1.165, 1.54) is 0 Å². The molecule has 1 aromatic carbocycles. The van der Waals surface area contributed by atoms with Crippen LogP contribution >= 0.6 is 12.4 Å². The Morgan fingerprint density at radius 2 is 2.05 bits per heavy atom. The third kappa shape index (κ3) is 4.82. The molecule has 1 saturated heterocycles. The minimum Gasteiger partial charge on any atom is -0.387 e. The normalized spacial score (nSPS) is 16.1. The maximum Gasteiger partial charge on any atom is 0.220 e. The fraction of sp³-hybridized carbons (Fsp3) is 0.500. The van der Waals surface area contributed by atoms with Crippen molar-refractivity contribution < 1.29 is 9.90 Å². The number of rotatable bonds is 5. The number of carbonyl (C=O) groups excluding carboxylic acids is 1. The van der Waals surface area contributed by atoms with Gasteiger partial charge in [-0.2, -0.15) is 0 Å². The van der Waals surface area contributed by atoms with Gasteiger partial charge in [-0.1, -0.05) is 29.8 Å². The summed E-state index contributed by atoms with van der Waals surface area (Å²) in [6, 6.07) is 7.70. The molecular formula is C14H21ClN2O2. The molecule has 1 aliphatic heterocycles. The van der Waals surface area contributed by atoms with Crippen LogP contribution in [0, 0.1) is 12.8 Å². The predicted octanol–water partition coefficient (Wildman–Crippen LogP) is 1.18. The largest absolute Gasteiger partial charge is 0.387 e. The van der Waals surface area contributed by atoms with Crippen molar-refractivity contribution in [3.05, 3.63) is 35.4 Å². The van der Waals surface area contributed by atoms with Crippen LogP contribution in [0.2, 0.25) is 0 Å². The minimum atomic E-state index is -0.630. The minimum absolute atomic E-state index is 0. The fourth-order valence-electron chi connectivity index (χ4n) is 1.94. The van der Waals surface area contributed by atoms with Crippen LogP contribution in [-0.4, -0.2) is 30.6 Å². The Kier molecular flexibility index (Phi) is 6.28. The van der Waals surface area contributed by atoms with E-state index in [1.807, 2.05) is 31.2 Å². The van der Waals surface area contributed by atoms with Gasteiger partial charge in [0.2, 0.25) is 5.91 Å². The summed E-state index contributed by atoms with van der Waals surface area (Å²) in [5.74, 6) is 0.481. The van der Waals surface area contributed by atoms with Crippen LogP contribution in [0.4, 0.5) is 0 Å². The molecule has 5 heteroatoms. The summed E-state index contributed by atoms with van der Waals surface area (Å²) in [6.45, 7) is 4.13. The van der Waals surface area contributed by atoms with Crippen LogP contribution in [0.15, 0.2) is 24.3 Å². The van der Waals surface area contributed by atoms with E-state index >= 15 is 0 Å². The molecule has 0 bridgehead atoms. The summed E-state index contributed by atoms with van der Waals surface area (Å²) in [6.07, 6.45) is -0.0813. The first-order chi connectivity index (χ1) is 8.65. The number of nitrogens with one attached hydrogen (secondary N) is 2. The zero-order chi connectivity index (χ0) is 13.0. The highest BCUT2D eigenvalue weighted by Gasteiger charge is 2.20. The molecule has 1 amide bonds. The molecule has 0 aromatic heterocycles. The molecule has 1 fully saturated rings. The van der Waals surface area contributed by atoms with Crippen molar-refractivity contribution in [3.8, 4) is 0 Å². The zero-order valence-electron chi connectivity index (χ0n) is 11.1. The first-order valence-electron chi connectivity index (χ1n) is 6.37. The van der Waals surface area contributed by atoms with Gasteiger partial charge in [0.25, 0.3) is 0 Å². The summed E-state index contributed by atoms with van der Waals surface area (Å²) < 4.78 is 0. The van der Waals surface area contributed by atoms with Crippen LogP contribution < -0.4 is 10.6 Å². The lowest BCUT2D eigenvalue weighted by molar-refractivity contribution is -0.122. The van der Waals surface area contributed by atoms with Crippen LogP contribution in [0.3, 0.4) is 0 Å². The number of hydrogen-bond donors (Lipinski definition) is 3. The number of aliphatic hydroxyl groups excluding tert-OH is 1. The predicted molar refractivity (Wildman–Crippen MR) is 77.4 cm³/mol. The molecule has 1 atom stereocenters. The smallest absolute Gasteiger partial charge is 0.220 e. The van der Waals surface area contributed by atoms with Gasteiger partial charge < -0.3 is 15.7 Å². The lowest BCUT2D eigenvalue weighted by atomic mass is 9.99. The highest BCUT2D eigenvalue weighted by molar-refractivity contribution is 5.85. The van der Waals surface area contributed by atoms with Gasteiger partial charge in [-0.25, -0.2) is 0 Å². The summed E-state index contributed by atoms with van der Waals surface area (Å²) in [7, 11) is 0. The molecule has 2 rings (SSSR count). The summed E-state index contributed by atoms with van der Waals surface area (Å²) in [5.41, 5.74) is 2.00. The van der Waals surface area contributed by atoms with Crippen LogP contribution in [0.1, 0.15) is 23.7 Å². The second kappa shape index (κ2) is 7.48. The lowest BCUT2D eigenvalue weighted by Gasteiger charge is -2.26. The van der Waals surface area contributed by atoms with Gasteiger partial charge in [0.05, 0.1) is 6.10 Å². The molecule has 1 unspecified atom stereocenters. The van der Waals surface area contributed by atoms with E-state index in [4.69, 9.17) is 0 Å². The second-order valence-electron chi connectivity index (χ2n) is 4.96. The molecule has 0 spiro atoms. The summed E-state index contributed by atoms with van der Waals surface area (Å²) >= 11 is 0. The van der Waals surface area contributed by atoms with Gasteiger partial charge in [-0.3, -0.25) is 4.79 Å². The molecule has 106 valence electrons. The molecule has 1 aliphatic rings. The number of aryl methyl sites for hydroxylation is 1. The Bertz CT molecular complexity index is 404. The summed E-state index contributed by atoms with van der Waals surface area (Å²) in [4.78, 5) is 11.6. The van der Waals surface area contributed by atoms with Gasteiger partial charge in [0.1, 0.15) is 0 Å². The first kappa shape index (κ1) is 16.0. The van der Waals surface area contributed by atoms with Gasteiger partial charge in [0.15, 0.2) is 0 Å². The number of carbonyl (C=O) groups is 1. The molecule has 1 aromatic rings. The van der Waals surface area contributed by atoms with E-state index < -0.39 is 6.10 Å². The Morgan fingerprint density at radius 1 is 1.42 bits per heavy atom. The topological polar surface area (TPSA) is 61.4 Å². The van der Waals surface area contributed by atoms with E-state index in [-0.39, 0.29) is 24.9 Å². The van der Waals surface area contributed by atoms with Crippen molar-refractivity contribution in [1.29, 1.82) is 0 Å². The molecule has 1 heterocycles. The van der Waals surface area contributed by atoms with E-state index in [9.17, 15) is 9.90 Å². The van der Waals surface area contributed by atoms with E-state index in [2.05, 4.69) is 10.6 Å². The maximum atomic E-state index is 11.6. The second-order valence-corrected chi connectivity index (χ2v) is 4.96. The highest BCUT2D eigenvalue weighted by Crippen LogP contribution is 2.13. The number of halogens is 1. The van der Waals surface area contributed by atoms with E-state index in [0.29, 0.717) is 12.3 Å². The molecule has 0 saturated carbocycles. The van der Waals surface area contributed by atoms with Gasteiger partial charge in [-0.05, 0) is 31.5 Å². The number of amides is 1. The Hall–Kier alpha value is -1.10. The quantitative estimate of drug-likeness (QED) is 0.761. The standard InChI is InChI=1S/C14H20N2O2.ClH/c1-10-2-4-12(5-3-10)13(17)9-16-14(18)6-11-7-15-8-11;/h2-5,11,13,15,17H,6-9H2,1H3,(H,16,18);1H. The van der Waals surface area contributed by atoms with Crippen molar-refractivity contribution in [2.24, 2.45) is 5.92 Å². The van der Waals surface area contributed by atoms with Gasteiger partial charge in [-0.15, -0.1) is 12.4 Å². The van der Waals surface area contributed by atoms with Crippen molar-refractivity contribution in [2.45, 2.75) is 19.4 Å². The van der Waals surface area contributed by atoms with Gasteiger partial charge in [0, 0.05) is 13.0 Å². The van der Waals surface area contributed by atoms with E-state index in [1.54, 1.807) is 0 Å². The monoisotopic (exact) mass is 284 g/mol. The fourth-order valence-corrected chi connectivity index (χ4v) is 1.94. The van der Waals surface area contributed by atoms with Crippen molar-refractivity contribution in [2.75, 3.05) is 19.6 Å². The zero-order valence-corrected chi connectivity index (χ0v) is 11.9. The maximum absolute atomic E-state index is 11.6. The Balaban J connectivity index is 0.00000180. The Labute approximate surface area is 120 Å². The number of aliphatic hydroxyl groups is 1. The molecule has 19 heavy (non-hydrogen) atoms. The van der Waals surface area contributed by atoms with Crippen LogP contribution in [0.25, 0.3) is 0 Å². The van der Waals surface area contributed by atoms with Crippen LogP contribution in [-0.2, 0) is 4.79 Å². The molecule has 0 radical (unpaired) electrons. The molecular weight excluding hydrogens is 264 g/mol. The Morgan fingerprint density at radius 3 is 2.58 bits per heavy atom. The SMILES string of the molecule is Cc1ccc(C(O)CNC(=O)CC2CNC2)cc1.Cl. The number of benzene rings is 1. The van der Waals surface area contributed by atoms with Crippen molar-refractivity contribution in [3.63, 3.8) is 0 Å². The highest BCUT2D eigenvalue weighted by atomic mass is 35.5. The lowest BCUT2D eigenvalue weighted by Crippen LogP contribution is -2.44. The van der Waals surface area contributed by atoms with Crippen molar-refractivity contribution >= 4 is 18.3 Å². The molecule has 0 aliphatic carbocycles. The third-order valence-corrected chi connectivity index (χ3v) is 3.29. The summed E-state index contributed by atoms with van der Waals surface area (Å²) in [5, 5.41) is 15.8. The van der Waals surface area contributed by atoms with E-state index in [0.717, 1.165) is 24.2 Å². The van der Waals surface area contributed by atoms with Crippen molar-refractivity contribution in [1.82, 2.24) is 10.6 Å². The average Bonchev–Trinajstić information content (AvgIpc) is 2.32. The molecule has 3 N–H and O–H groups in total. The molecule has 4 nitrogen and oxygen atoms in total. The first-order valence-corrected chi connectivity index (χ1v) is 6.37. The van der Waals surface area contributed by atoms with Gasteiger partial charge >= 0.3 is 0 Å². The number of hydrogen-bond acceptors (Lipinski definition) is 3. The third-order valence-electron chi connectivity index (χ3n) is 3.29. The average molecular weight is 285 g/mol.